The van der Waals surface area contributed by atoms with Crippen molar-refractivity contribution in [1.82, 2.24) is 15.1 Å². The molecular formula is C21H25ClN4O2S. The first-order valence-corrected chi connectivity index (χ1v) is 11.5. The number of likely N-dealkylation sites (tertiary alicyclic amines) is 1. The standard InChI is InChI=1S/C21H25ClN4O2S/c22-16-8-3-7-15(13-16)20-24-25-21(29-20)23-19(28)17-9-4-12-26(17)18(27)11-10-14-5-1-2-6-14/h3,7-8,13-14,17H,1-2,4-6,9-12H2,(H,23,25,28). The van der Waals surface area contributed by atoms with E-state index in [4.69, 9.17) is 11.6 Å². The average molecular weight is 433 g/mol. The SMILES string of the molecule is O=C(Nc1nnc(-c2cccc(Cl)c2)s1)C1CCCN1C(=O)CCC1CCCC1. The molecular weight excluding hydrogens is 408 g/mol. The number of carbonyl (C=O) groups excluding carboxylic acids is 2. The molecule has 8 heteroatoms. The van der Waals surface area contributed by atoms with Crippen molar-refractivity contribution >= 4 is 39.9 Å². The molecule has 1 unspecified atom stereocenters. The molecule has 4 rings (SSSR count). The Bertz CT molecular complexity index is 881. The third kappa shape index (κ3) is 4.95. The number of carbonyl (C=O) groups is 2. The van der Waals surface area contributed by atoms with E-state index in [0.29, 0.717) is 40.5 Å². The van der Waals surface area contributed by atoms with Crippen molar-refractivity contribution in [2.45, 2.75) is 57.4 Å². The summed E-state index contributed by atoms with van der Waals surface area (Å²) in [5.74, 6) is 0.608. The quantitative estimate of drug-likeness (QED) is 0.714. The molecule has 29 heavy (non-hydrogen) atoms. The number of anilines is 1. The Hall–Kier alpha value is -1.99. The third-order valence-corrected chi connectivity index (χ3v) is 6.97. The minimum absolute atomic E-state index is 0.103. The van der Waals surface area contributed by atoms with Crippen molar-refractivity contribution in [3.8, 4) is 10.6 Å². The predicted molar refractivity (Wildman–Crippen MR) is 115 cm³/mol. The van der Waals surface area contributed by atoms with Gasteiger partial charge in [-0.15, -0.1) is 10.2 Å². The van der Waals surface area contributed by atoms with E-state index >= 15 is 0 Å². The van der Waals surface area contributed by atoms with Crippen molar-refractivity contribution < 1.29 is 9.59 Å². The molecule has 1 saturated carbocycles. The van der Waals surface area contributed by atoms with Crippen LogP contribution in [0, 0.1) is 5.92 Å². The maximum atomic E-state index is 12.8. The summed E-state index contributed by atoms with van der Waals surface area (Å²) in [7, 11) is 0. The number of aromatic nitrogens is 2. The van der Waals surface area contributed by atoms with Crippen molar-refractivity contribution in [3.63, 3.8) is 0 Å². The van der Waals surface area contributed by atoms with Gasteiger partial charge in [0.2, 0.25) is 16.9 Å². The van der Waals surface area contributed by atoms with Crippen LogP contribution in [0.3, 0.4) is 0 Å². The van der Waals surface area contributed by atoms with Gasteiger partial charge >= 0.3 is 0 Å². The van der Waals surface area contributed by atoms with Gasteiger partial charge in [-0.25, -0.2) is 0 Å². The summed E-state index contributed by atoms with van der Waals surface area (Å²) in [5.41, 5.74) is 0.861. The van der Waals surface area contributed by atoms with E-state index in [1.54, 1.807) is 11.0 Å². The highest BCUT2D eigenvalue weighted by Gasteiger charge is 2.34. The molecule has 2 fully saturated rings. The Morgan fingerprint density at radius 2 is 2.00 bits per heavy atom. The minimum atomic E-state index is -0.412. The van der Waals surface area contributed by atoms with Gasteiger partial charge in [-0.3, -0.25) is 14.9 Å². The van der Waals surface area contributed by atoms with Crippen LogP contribution in [-0.2, 0) is 9.59 Å². The molecule has 1 saturated heterocycles. The lowest BCUT2D eigenvalue weighted by atomic mass is 10.0. The van der Waals surface area contributed by atoms with E-state index in [1.807, 2.05) is 18.2 Å². The Labute approximate surface area is 179 Å². The summed E-state index contributed by atoms with van der Waals surface area (Å²) in [6.45, 7) is 0.658. The Morgan fingerprint density at radius 1 is 1.17 bits per heavy atom. The first-order chi connectivity index (χ1) is 14.1. The lowest BCUT2D eigenvalue weighted by Gasteiger charge is -2.24. The van der Waals surface area contributed by atoms with Gasteiger partial charge in [-0.2, -0.15) is 0 Å². The van der Waals surface area contributed by atoms with Crippen molar-refractivity contribution in [3.05, 3.63) is 29.3 Å². The van der Waals surface area contributed by atoms with Gasteiger partial charge in [-0.05, 0) is 37.3 Å². The molecule has 2 heterocycles. The summed E-state index contributed by atoms with van der Waals surface area (Å²) in [4.78, 5) is 27.3. The van der Waals surface area contributed by atoms with Gasteiger partial charge in [0.25, 0.3) is 0 Å². The lowest BCUT2D eigenvalue weighted by molar-refractivity contribution is -0.136. The van der Waals surface area contributed by atoms with E-state index < -0.39 is 6.04 Å². The minimum Gasteiger partial charge on any atom is -0.331 e. The smallest absolute Gasteiger partial charge is 0.249 e. The molecule has 2 amide bonds. The number of amides is 2. The highest BCUT2D eigenvalue weighted by molar-refractivity contribution is 7.18. The molecule has 1 aliphatic heterocycles. The predicted octanol–water partition coefficient (Wildman–Crippen LogP) is 4.76. The Kier molecular flexibility index (Phi) is 6.45. The zero-order valence-electron chi connectivity index (χ0n) is 16.3. The zero-order chi connectivity index (χ0) is 20.2. The van der Waals surface area contributed by atoms with E-state index in [2.05, 4.69) is 15.5 Å². The van der Waals surface area contributed by atoms with E-state index in [9.17, 15) is 9.59 Å². The van der Waals surface area contributed by atoms with E-state index in [0.717, 1.165) is 18.4 Å². The van der Waals surface area contributed by atoms with Gasteiger partial charge in [0.1, 0.15) is 11.0 Å². The molecule has 154 valence electrons. The molecule has 1 atom stereocenters. The fourth-order valence-electron chi connectivity index (χ4n) is 4.31. The van der Waals surface area contributed by atoms with Crippen LogP contribution in [0.25, 0.3) is 10.6 Å². The molecule has 1 aromatic heterocycles. The largest absolute Gasteiger partial charge is 0.331 e. The first-order valence-electron chi connectivity index (χ1n) is 10.3. The number of halogens is 1. The van der Waals surface area contributed by atoms with Crippen LogP contribution < -0.4 is 5.32 Å². The second-order valence-corrected chi connectivity index (χ2v) is 9.26. The van der Waals surface area contributed by atoms with Crippen LogP contribution in [0.2, 0.25) is 5.02 Å². The fourth-order valence-corrected chi connectivity index (χ4v) is 5.24. The summed E-state index contributed by atoms with van der Waals surface area (Å²) < 4.78 is 0. The fraction of sp³-hybridized carbons (Fsp3) is 0.524. The summed E-state index contributed by atoms with van der Waals surface area (Å²) in [6.07, 6.45) is 8.10. The number of nitrogens with one attached hydrogen (secondary N) is 1. The zero-order valence-corrected chi connectivity index (χ0v) is 17.8. The summed E-state index contributed by atoms with van der Waals surface area (Å²) in [5, 5.41) is 12.8. The lowest BCUT2D eigenvalue weighted by Crippen LogP contribution is -2.43. The van der Waals surface area contributed by atoms with Gasteiger partial charge < -0.3 is 4.90 Å². The Balaban J connectivity index is 1.35. The molecule has 6 nitrogen and oxygen atoms in total. The molecule has 0 bridgehead atoms. The maximum absolute atomic E-state index is 12.8. The van der Waals surface area contributed by atoms with Gasteiger partial charge in [0.05, 0.1) is 0 Å². The van der Waals surface area contributed by atoms with Crippen molar-refractivity contribution in [2.75, 3.05) is 11.9 Å². The first kappa shape index (κ1) is 20.3. The van der Waals surface area contributed by atoms with Crippen LogP contribution in [0.5, 0.6) is 0 Å². The van der Waals surface area contributed by atoms with Crippen molar-refractivity contribution in [1.29, 1.82) is 0 Å². The Morgan fingerprint density at radius 3 is 2.79 bits per heavy atom. The molecule has 1 aliphatic carbocycles. The molecule has 2 aromatic rings. The monoisotopic (exact) mass is 432 g/mol. The van der Waals surface area contributed by atoms with Crippen molar-refractivity contribution in [2.24, 2.45) is 5.92 Å². The number of benzene rings is 1. The number of hydrogen-bond acceptors (Lipinski definition) is 5. The van der Waals surface area contributed by atoms with E-state index in [-0.39, 0.29) is 11.8 Å². The molecule has 1 N–H and O–H groups in total. The topological polar surface area (TPSA) is 75.2 Å². The second-order valence-electron chi connectivity index (χ2n) is 7.85. The van der Waals surface area contributed by atoms with Gasteiger partial charge in [0, 0.05) is 23.6 Å². The third-order valence-electron chi connectivity index (χ3n) is 5.84. The average Bonchev–Trinajstić information content (AvgIpc) is 3.47. The van der Waals surface area contributed by atoms with E-state index in [1.165, 1.54) is 37.0 Å². The van der Waals surface area contributed by atoms with Crippen LogP contribution in [0.4, 0.5) is 5.13 Å². The summed E-state index contributed by atoms with van der Waals surface area (Å²) in [6, 6.07) is 6.96. The van der Waals surface area contributed by atoms with Crippen LogP contribution >= 0.6 is 22.9 Å². The molecule has 2 aliphatic rings. The van der Waals surface area contributed by atoms with Crippen LogP contribution in [0.1, 0.15) is 51.4 Å². The highest BCUT2D eigenvalue weighted by Crippen LogP contribution is 2.31. The molecule has 0 radical (unpaired) electrons. The number of nitrogens with zero attached hydrogens (tertiary/aromatic N) is 3. The maximum Gasteiger partial charge on any atom is 0.249 e. The highest BCUT2D eigenvalue weighted by atomic mass is 35.5. The normalized spacial score (nSPS) is 19.6. The van der Waals surface area contributed by atoms with Gasteiger partial charge in [-0.1, -0.05) is 60.8 Å². The second kappa shape index (κ2) is 9.22. The number of rotatable bonds is 6. The van der Waals surface area contributed by atoms with Crippen LogP contribution in [0.15, 0.2) is 24.3 Å². The number of hydrogen-bond donors (Lipinski definition) is 1. The summed E-state index contributed by atoms with van der Waals surface area (Å²) >= 11 is 7.34. The van der Waals surface area contributed by atoms with Gasteiger partial charge in [0.15, 0.2) is 0 Å². The molecule has 1 aromatic carbocycles. The van der Waals surface area contributed by atoms with Crippen LogP contribution in [-0.4, -0.2) is 39.5 Å². The molecule has 0 spiro atoms.